The highest BCUT2D eigenvalue weighted by molar-refractivity contribution is 14.0. The summed E-state index contributed by atoms with van der Waals surface area (Å²) in [7, 11) is 3.83. The first-order valence-electron chi connectivity index (χ1n) is 7.43. The summed E-state index contributed by atoms with van der Waals surface area (Å²) in [6.45, 7) is 7.80. The summed E-state index contributed by atoms with van der Waals surface area (Å²) in [5.74, 6) is 1.04. The van der Waals surface area contributed by atoms with Crippen LogP contribution in [0.5, 0.6) is 0 Å². The molecule has 1 aliphatic rings. The largest absolute Gasteiger partial charge is 0.356 e. The van der Waals surface area contributed by atoms with Gasteiger partial charge < -0.3 is 10.2 Å². The van der Waals surface area contributed by atoms with Gasteiger partial charge in [0.2, 0.25) is 0 Å². The van der Waals surface area contributed by atoms with Gasteiger partial charge in [0.15, 0.2) is 5.96 Å². The van der Waals surface area contributed by atoms with E-state index >= 15 is 0 Å². The van der Waals surface area contributed by atoms with E-state index in [0.29, 0.717) is 5.41 Å². The molecular weight excluding hydrogens is 377 g/mol. The molecule has 5 nitrogen and oxygen atoms in total. The van der Waals surface area contributed by atoms with Crippen molar-refractivity contribution in [3.05, 3.63) is 18.0 Å². The highest BCUT2D eigenvalue weighted by Crippen LogP contribution is 2.28. The van der Waals surface area contributed by atoms with Crippen molar-refractivity contribution in [1.29, 1.82) is 0 Å². The first-order chi connectivity index (χ1) is 9.50. The number of hydrogen-bond acceptors (Lipinski definition) is 2. The van der Waals surface area contributed by atoms with E-state index in [1.165, 1.54) is 12.0 Å². The Morgan fingerprint density at radius 2 is 2.24 bits per heavy atom. The van der Waals surface area contributed by atoms with Crippen LogP contribution >= 0.6 is 24.0 Å². The molecule has 1 aromatic heterocycles. The molecule has 1 fully saturated rings. The van der Waals surface area contributed by atoms with Gasteiger partial charge in [-0.25, -0.2) is 0 Å². The smallest absolute Gasteiger partial charge is 0.193 e. The summed E-state index contributed by atoms with van der Waals surface area (Å²) in [6, 6.07) is 0. The van der Waals surface area contributed by atoms with Crippen LogP contribution in [0.15, 0.2) is 17.4 Å². The Morgan fingerprint density at radius 3 is 2.76 bits per heavy atom. The van der Waals surface area contributed by atoms with Crippen LogP contribution in [0.1, 0.15) is 32.3 Å². The molecule has 0 unspecified atom stereocenters. The topological polar surface area (TPSA) is 45.5 Å². The van der Waals surface area contributed by atoms with E-state index in [1.807, 2.05) is 25.0 Å². The van der Waals surface area contributed by atoms with E-state index in [4.69, 9.17) is 0 Å². The van der Waals surface area contributed by atoms with Crippen LogP contribution in [0.2, 0.25) is 0 Å². The Hall–Kier alpha value is -0.790. The SMILES string of the molecule is CN=C(NCCCc1cnn(C)c1)N1CCC(C)(C)C1.I. The van der Waals surface area contributed by atoms with E-state index < -0.39 is 0 Å². The lowest BCUT2D eigenvalue weighted by Crippen LogP contribution is -2.41. The number of rotatable bonds is 4. The van der Waals surface area contributed by atoms with Gasteiger partial charge >= 0.3 is 0 Å². The van der Waals surface area contributed by atoms with Crippen LogP contribution in [0, 0.1) is 5.41 Å². The number of aromatic nitrogens is 2. The Kier molecular flexibility index (Phi) is 6.96. The zero-order chi connectivity index (χ0) is 14.6. The van der Waals surface area contributed by atoms with Gasteiger partial charge in [-0.15, -0.1) is 24.0 Å². The van der Waals surface area contributed by atoms with Crippen molar-refractivity contribution < 1.29 is 0 Å². The summed E-state index contributed by atoms with van der Waals surface area (Å²) < 4.78 is 1.86. The van der Waals surface area contributed by atoms with Crippen molar-refractivity contribution in [2.24, 2.45) is 17.5 Å². The lowest BCUT2D eigenvalue weighted by atomic mass is 9.93. The molecule has 2 heterocycles. The molecular formula is C15H28IN5. The Bertz CT molecular complexity index is 466. The number of hydrogen-bond donors (Lipinski definition) is 1. The van der Waals surface area contributed by atoms with E-state index in [1.54, 1.807) is 0 Å². The van der Waals surface area contributed by atoms with E-state index in [9.17, 15) is 0 Å². The predicted molar refractivity (Wildman–Crippen MR) is 98.3 cm³/mol. The molecule has 0 aliphatic carbocycles. The van der Waals surface area contributed by atoms with Crippen molar-refractivity contribution in [2.75, 3.05) is 26.7 Å². The summed E-state index contributed by atoms with van der Waals surface area (Å²) in [4.78, 5) is 6.76. The molecule has 1 aromatic rings. The maximum Gasteiger partial charge on any atom is 0.193 e. The van der Waals surface area contributed by atoms with Crippen molar-refractivity contribution in [3.8, 4) is 0 Å². The van der Waals surface area contributed by atoms with Crippen molar-refractivity contribution in [2.45, 2.75) is 33.1 Å². The fourth-order valence-electron chi connectivity index (χ4n) is 2.72. The number of nitrogens with zero attached hydrogens (tertiary/aromatic N) is 4. The minimum atomic E-state index is 0. The second-order valence-electron chi connectivity index (χ2n) is 6.44. The minimum Gasteiger partial charge on any atom is -0.356 e. The third kappa shape index (κ3) is 5.48. The molecule has 2 rings (SSSR count). The van der Waals surface area contributed by atoms with Gasteiger partial charge in [-0.2, -0.15) is 5.10 Å². The lowest BCUT2D eigenvalue weighted by Gasteiger charge is -2.23. The highest BCUT2D eigenvalue weighted by Gasteiger charge is 2.30. The number of aliphatic imine (C=N–C) groups is 1. The van der Waals surface area contributed by atoms with Crippen molar-refractivity contribution >= 4 is 29.9 Å². The number of halogens is 1. The third-order valence-electron chi connectivity index (χ3n) is 3.87. The molecule has 0 amide bonds. The Balaban J connectivity index is 0.00000220. The molecule has 1 saturated heterocycles. The molecule has 0 aromatic carbocycles. The van der Waals surface area contributed by atoms with Gasteiger partial charge in [0.1, 0.15) is 0 Å². The van der Waals surface area contributed by atoms with Crippen molar-refractivity contribution in [1.82, 2.24) is 20.0 Å². The third-order valence-corrected chi connectivity index (χ3v) is 3.87. The number of likely N-dealkylation sites (tertiary alicyclic amines) is 1. The monoisotopic (exact) mass is 405 g/mol. The van der Waals surface area contributed by atoms with Gasteiger partial charge in [-0.3, -0.25) is 9.67 Å². The molecule has 0 saturated carbocycles. The highest BCUT2D eigenvalue weighted by atomic mass is 127. The van der Waals surface area contributed by atoms with Gasteiger partial charge in [0.05, 0.1) is 6.20 Å². The summed E-state index contributed by atoms with van der Waals surface area (Å²) in [5.41, 5.74) is 1.71. The number of guanidine groups is 1. The molecule has 21 heavy (non-hydrogen) atoms. The lowest BCUT2D eigenvalue weighted by molar-refractivity contribution is 0.370. The van der Waals surface area contributed by atoms with E-state index in [0.717, 1.165) is 38.4 Å². The average molecular weight is 405 g/mol. The summed E-state index contributed by atoms with van der Waals surface area (Å²) >= 11 is 0. The average Bonchev–Trinajstić information content (AvgIpc) is 2.95. The van der Waals surface area contributed by atoms with E-state index in [-0.39, 0.29) is 24.0 Å². The molecule has 120 valence electrons. The second-order valence-corrected chi connectivity index (χ2v) is 6.44. The van der Waals surface area contributed by atoms with Gasteiger partial charge in [0, 0.05) is 39.9 Å². The van der Waals surface area contributed by atoms with Crippen LogP contribution in [0.25, 0.3) is 0 Å². The van der Waals surface area contributed by atoms with E-state index in [2.05, 4.69) is 40.4 Å². The van der Waals surface area contributed by atoms with Crippen LogP contribution in [0.3, 0.4) is 0 Å². The molecule has 0 spiro atoms. The number of aryl methyl sites for hydroxylation is 2. The molecule has 0 radical (unpaired) electrons. The standard InChI is InChI=1S/C15H27N5.HI/c1-15(2)7-9-20(12-15)14(16-3)17-8-5-6-13-10-18-19(4)11-13;/h10-11H,5-9,12H2,1-4H3,(H,16,17);1H. The maximum atomic E-state index is 4.40. The number of nitrogens with one attached hydrogen (secondary N) is 1. The normalized spacial score (nSPS) is 17.7. The molecule has 0 bridgehead atoms. The van der Waals surface area contributed by atoms with Gasteiger partial charge in [-0.1, -0.05) is 13.8 Å². The molecule has 0 atom stereocenters. The van der Waals surface area contributed by atoms with Crippen LogP contribution < -0.4 is 5.32 Å². The fraction of sp³-hybridized carbons (Fsp3) is 0.733. The first kappa shape index (κ1) is 18.3. The Morgan fingerprint density at radius 1 is 1.48 bits per heavy atom. The first-order valence-corrected chi connectivity index (χ1v) is 7.43. The summed E-state index contributed by atoms with van der Waals surface area (Å²) in [5, 5.41) is 7.66. The van der Waals surface area contributed by atoms with Gasteiger partial charge in [-0.05, 0) is 30.2 Å². The fourth-order valence-corrected chi connectivity index (χ4v) is 2.72. The van der Waals surface area contributed by atoms with Crippen LogP contribution in [-0.4, -0.2) is 47.3 Å². The zero-order valence-electron chi connectivity index (χ0n) is 13.6. The molecule has 1 aliphatic heterocycles. The second kappa shape index (κ2) is 8.00. The van der Waals surface area contributed by atoms with Crippen LogP contribution in [0.4, 0.5) is 0 Å². The van der Waals surface area contributed by atoms with Crippen molar-refractivity contribution in [3.63, 3.8) is 0 Å². The molecule has 6 heteroatoms. The molecule has 1 N–H and O–H groups in total. The van der Waals surface area contributed by atoms with Gasteiger partial charge in [0.25, 0.3) is 0 Å². The predicted octanol–water partition coefficient (Wildman–Crippen LogP) is 2.28. The summed E-state index contributed by atoms with van der Waals surface area (Å²) in [6.07, 6.45) is 7.42. The maximum absolute atomic E-state index is 4.40. The minimum absolute atomic E-state index is 0. The quantitative estimate of drug-likeness (QED) is 0.362. The zero-order valence-corrected chi connectivity index (χ0v) is 15.9. The van der Waals surface area contributed by atoms with Crippen LogP contribution in [-0.2, 0) is 13.5 Å². The Labute approximate surface area is 145 Å².